The van der Waals surface area contributed by atoms with Crippen LogP contribution in [0.3, 0.4) is 0 Å². The summed E-state index contributed by atoms with van der Waals surface area (Å²) < 4.78 is 6.98. The minimum Gasteiger partial charge on any atom is -0.358 e. The molecule has 11 heteroatoms. The van der Waals surface area contributed by atoms with E-state index in [4.69, 9.17) is 0 Å². The molecule has 4 heterocycles. The van der Waals surface area contributed by atoms with Gasteiger partial charge in [0.15, 0.2) is 23.1 Å². The molecule has 0 amide bonds. The van der Waals surface area contributed by atoms with Crippen molar-refractivity contribution in [3.8, 4) is 0 Å². The fourth-order valence-electron chi connectivity index (χ4n) is 10.6. The zero-order valence-electron chi connectivity index (χ0n) is 39.7. The molecule has 0 saturated carbocycles. The molecular weight excluding hydrogens is 1010 g/mol. The van der Waals surface area contributed by atoms with Gasteiger partial charge in [0.25, 0.3) is 22.2 Å². The molecule has 357 valence electrons. The van der Waals surface area contributed by atoms with Crippen molar-refractivity contribution in [2.24, 2.45) is 0 Å². The molecule has 1 aliphatic carbocycles. The number of allylic oxidation sites excluding steroid dienone is 4. The van der Waals surface area contributed by atoms with E-state index in [0.717, 1.165) is 32.9 Å². The summed E-state index contributed by atoms with van der Waals surface area (Å²) in [5.74, 6) is -1.96. The molecule has 8 nitrogen and oxygen atoms in total. The molecule has 2 aliphatic heterocycles. The Balaban J connectivity index is 0.000000563. The Morgan fingerprint density at radius 2 is 0.493 bits per heavy atom. The van der Waals surface area contributed by atoms with Crippen molar-refractivity contribution in [3.63, 3.8) is 0 Å². The summed E-state index contributed by atoms with van der Waals surface area (Å²) >= 11 is 0. The molecule has 4 atom stereocenters. The van der Waals surface area contributed by atoms with Crippen molar-refractivity contribution < 1.29 is 19.5 Å². The van der Waals surface area contributed by atoms with Crippen molar-refractivity contribution in [1.29, 1.82) is 0 Å². The third-order valence-electron chi connectivity index (χ3n) is 13.6. The average Bonchev–Trinajstić information content (AvgIpc) is 3.94. The van der Waals surface area contributed by atoms with Gasteiger partial charge in [0.1, 0.15) is 10.6 Å². The Labute approximate surface area is 429 Å². The van der Waals surface area contributed by atoms with Crippen LogP contribution in [0.2, 0.25) is 0 Å². The normalized spacial score (nSPS) is 18.6. The number of rotatable bonds is 6. The molecule has 9 aromatic rings. The van der Waals surface area contributed by atoms with Crippen molar-refractivity contribution in [2.45, 2.75) is 48.8 Å². The second kappa shape index (κ2) is 22.2. The quantitative estimate of drug-likeness (QED) is 0.0718. The smallest absolute Gasteiger partial charge is 0.358 e. The van der Waals surface area contributed by atoms with Crippen molar-refractivity contribution in [1.82, 2.24) is 18.7 Å². The van der Waals surface area contributed by atoms with Gasteiger partial charge in [0.05, 0.1) is 37.4 Å². The maximum Gasteiger partial charge on any atom is 2.00 e. The van der Waals surface area contributed by atoms with Gasteiger partial charge in [-0.1, -0.05) is 182 Å². The van der Waals surface area contributed by atoms with E-state index in [1.54, 1.807) is 43.0 Å². The number of fused-ring (bicyclic) bond motifs is 4. The molecule has 0 spiro atoms. The van der Waals surface area contributed by atoms with Gasteiger partial charge in [-0.2, -0.15) is 18.7 Å². The monoisotopic (exact) mass is 1060 g/mol. The van der Waals surface area contributed by atoms with Crippen LogP contribution in [0.15, 0.2) is 238 Å². The van der Waals surface area contributed by atoms with Crippen molar-refractivity contribution >= 4 is 48.0 Å². The van der Waals surface area contributed by atoms with Crippen LogP contribution in [0.5, 0.6) is 0 Å². The first-order valence-corrected chi connectivity index (χ1v) is 26.7. The first-order valence-electron chi connectivity index (χ1n) is 23.4. The minimum atomic E-state index is -2.09. The van der Waals surface area contributed by atoms with Crippen LogP contribution in [-0.2, 0) is 19.5 Å². The van der Waals surface area contributed by atoms with Gasteiger partial charge in [0.2, 0.25) is 0 Å². The van der Waals surface area contributed by atoms with Crippen LogP contribution in [0, 0.1) is 14.9 Å². The third kappa shape index (κ3) is 9.06. The van der Waals surface area contributed by atoms with Gasteiger partial charge in [0, 0.05) is 22.3 Å². The largest absolute Gasteiger partial charge is 2.00 e. The minimum absolute atomic E-state index is 0. The molecule has 1 radical (unpaired) electrons. The molecule has 0 N–H and O–H groups in total. The predicted molar refractivity (Wildman–Crippen MR) is 295 cm³/mol. The molecule has 7 aromatic carbocycles. The molecule has 3 aliphatic rings. The second-order valence-corrected chi connectivity index (χ2v) is 22.6. The molecule has 0 bridgehead atoms. The van der Waals surface area contributed by atoms with E-state index in [1.165, 1.54) is 25.7 Å². The fraction of sp³-hybridized carbons (Fsp3) is 0.133. The summed E-state index contributed by atoms with van der Waals surface area (Å²) in [5, 5.41) is 3.69. The summed E-state index contributed by atoms with van der Waals surface area (Å²) in [6.45, 7) is 0. The molecule has 2 aromatic heterocycles. The van der Waals surface area contributed by atoms with Crippen LogP contribution in [0.25, 0.3) is 21.5 Å². The number of benzene rings is 7. The van der Waals surface area contributed by atoms with Crippen molar-refractivity contribution in [2.75, 3.05) is 0 Å². The summed E-state index contributed by atoms with van der Waals surface area (Å²) in [6.07, 6.45) is 14.0. The Bertz CT molecular complexity index is 3160. The first-order chi connectivity index (χ1) is 33.5. The van der Waals surface area contributed by atoms with E-state index in [0.29, 0.717) is 21.5 Å². The maximum absolute atomic E-state index is 15.0. The van der Waals surface area contributed by atoms with E-state index < -0.39 is 39.0 Å². The topological polar surface area (TPSA) is 88.0 Å². The molecule has 71 heavy (non-hydrogen) atoms. The van der Waals surface area contributed by atoms with Crippen LogP contribution < -0.4 is 32.8 Å². The third-order valence-corrected chi connectivity index (χ3v) is 20.6. The van der Waals surface area contributed by atoms with Crippen LogP contribution in [-0.4, -0.2) is 18.7 Å². The van der Waals surface area contributed by atoms with E-state index in [-0.39, 0.29) is 56.6 Å². The van der Waals surface area contributed by atoms with E-state index in [9.17, 15) is 0 Å². The zero-order valence-corrected chi connectivity index (χ0v) is 43.3. The molecule has 0 unspecified atom stereocenters. The second-order valence-electron chi connectivity index (χ2n) is 17.5. The summed E-state index contributed by atoms with van der Waals surface area (Å²) in [7, 11) is -4.18. The Kier molecular flexibility index (Phi) is 15.9. The number of nitrogens with zero attached hydrogens (tertiary/aromatic N) is 4. The molecule has 0 saturated heterocycles. The fourth-order valence-corrected chi connectivity index (χ4v) is 18.9. The Hall–Kier alpha value is -6.62. The number of hydrogen-bond donors (Lipinski definition) is 0. The standard InChI is InChI=1S/C50H36N4O4P2.C8H12.2CH3.Rh/c55-43-37-27-13-14-28-38(37)44(56)52-48(34-21-7-2-8-22-34)59(47(51(43)52)33-19-5-1-6-20-33)41-31-17-18-32-42(41)60-49(35-23-9-3-10-24-35)53-45(57)39-29-15-16-30-40(39)46(58)54(53)50(60)36-25-11-4-12-26-36;1-2-4-6-8-7-5-3-1;;;/h1-32,47-50H;1-2,7-8H,3-6H2;2*1H3;/q;;2*-1;+2/p+2/b;2-1-,8-7?;;;/t47-,48-,49-,50-;;;;/m0..../s1. The van der Waals surface area contributed by atoms with Crippen LogP contribution >= 0.6 is 15.8 Å². The molecule has 0 fully saturated rings. The van der Waals surface area contributed by atoms with Crippen molar-refractivity contribution in [3.05, 3.63) is 297 Å². The predicted octanol–water partition coefficient (Wildman–Crippen LogP) is 11.5. The zero-order chi connectivity index (χ0) is 46.1. The van der Waals surface area contributed by atoms with Crippen LogP contribution in [0.1, 0.15) is 71.1 Å². The van der Waals surface area contributed by atoms with E-state index in [2.05, 4.69) is 97.1 Å². The maximum atomic E-state index is 15.0. The van der Waals surface area contributed by atoms with Gasteiger partial charge < -0.3 is 14.9 Å². The average molecular weight is 1060 g/mol. The van der Waals surface area contributed by atoms with Gasteiger partial charge in [-0.25, -0.2) is 0 Å². The molecular formula is C60H56N4O4P2Rh+2. The van der Waals surface area contributed by atoms with E-state index >= 15 is 19.2 Å². The Morgan fingerprint density at radius 1 is 0.296 bits per heavy atom. The van der Waals surface area contributed by atoms with Gasteiger partial charge in [-0.3, -0.25) is 19.2 Å². The van der Waals surface area contributed by atoms with Gasteiger partial charge in [-0.05, 0) is 62.1 Å². The number of hydrogen-bond acceptors (Lipinski definition) is 4. The van der Waals surface area contributed by atoms with E-state index in [1.807, 2.05) is 97.1 Å². The summed E-state index contributed by atoms with van der Waals surface area (Å²) in [6, 6.07) is 63.0. The molecule has 12 rings (SSSR count). The Morgan fingerprint density at radius 3 is 0.718 bits per heavy atom. The van der Waals surface area contributed by atoms with Crippen LogP contribution in [0.4, 0.5) is 0 Å². The summed E-state index contributed by atoms with van der Waals surface area (Å²) in [4.78, 5) is 60.1. The summed E-state index contributed by atoms with van der Waals surface area (Å²) in [5.41, 5.74) is 2.90. The number of aromatic nitrogens is 4. The van der Waals surface area contributed by atoms with Gasteiger partial charge in [-0.15, -0.1) is 0 Å². The first kappa shape index (κ1) is 50.8. The SMILES string of the molecule is C1=CCC/C=C\CC1.O=c1c2ccccc2c(=O)n2n1[C@H](c1ccccc1)[PH+](c1ccccc1[PH+]1[C@@H](c3ccccc3)n3c(=O)c4ccccc4c(=O)n3[C@@H]1c1ccccc1)[C@H]2c1ccccc1.[CH3-].[CH3-].[Rh+2]. The van der Waals surface area contributed by atoms with Gasteiger partial charge >= 0.3 is 19.5 Å².